The number of hydrogen-bond acceptors (Lipinski definition) is 3. The SMILES string of the molecule is Cc1nc(C(=O)NC23CC4CC(C)(CC(C)(C4)C2)C3)n[nH]1. The quantitative estimate of drug-likeness (QED) is 0.878. The van der Waals surface area contributed by atoms with Crippen LogP contribution in [0.5, 0.6) is 0 Å². The van der Waals surface area contributed by atoms with Crippen molar-refractivity contribution in [2.24, 2.45) is 16.7 Å². The van der Waals surface area contributed by atoms with Crippen molar-refractivity contribution in [3.63, 3.8) is 0 Å². The highest BCUT2D eigenvalue weighted by atomic mass is 16.2. The fraction of sp³-hybridized carbons (Fsp3) is 0.812. The molecule has 114 valence electrons. The van der Waals surface area contributed by atoms with E-state index in [1.807, 2.05) is 6.92 Å². The molecular weight excluding hydrogens is 264 g/mol. The molecule has 4 fully saturated rings. The number of carbonyl (C=O) groups is 1. The lowest BCUT2D eigenvalue weighted by molar-refractivity contribution is -0.114. The van der Waals surface area contributed by atoms with Crippen LogP contribution in [0.15, 0.2) is 0 Å². The summed E-state index contributed by atoms with van der Waals surface area (Å²) in [5, 5.41) is 10.1. The predicted molar refractivity (Wildman–Crippen MR) is 78.7 cm³/mol. The number of hydrogen-bond donors (Lipinski definition) is 2. The molecule has 5 heteroatoms. The Hall–Kier alpha value is -1.39. The van der Waals surface area contributed by atoms with E-state index in [0.717, 1.165) is 25.2 Å². The van der Waals surface area contributed by atoms with Crippen molar-refractivity contribution in [3.8, 4) is 0 Å². The highest BCUT2D eigenvalue weighted by molar-refractivity contribution is 5.91. The summed E-state index contributed by atoms with van der Waals surface area (Å²) in [7, 11) is 0. The Bertz CT molecular complexity index is 589. The average molecular weight is 288 g/mol. The third-order valence-electron chi connectivity index (χ3n) is 5.81. The molecule has 5 rings (SSSR count). The first kappa shape index (κ1) is 13.3. The Morgan fingerprint density at radius 3 is 2.38 bits per heavy atom. The fourth-order valence-corrected chi connectivity index (χ4v) is 6.33. The number of amides is 1. The van der Waals surface area contributed by atoms with Crippen molar-refractivity contribution in [1.82, 2.24) is 20.5 Å². The maximum Gasteiger partial charge on any atom is 0.291 e. The van der Waals surface area contributed by atoms with Crippen LogP contribution in [-0.2, 0) is 0 Å². The largest absolute Gasteiger partial charge is 0.344 e. The van der Waals surface area contributed by atoms with E-state index in [1.54, 1.807) is 0 Å². The van der Waals surface area contributed by atoms with Crippen molar-refractivity contribution < 1.29 is 4.79 Å². The average Bonchev–Trinajstić information content (AvgIpc) is 2.70. The van der Waals surface area contributed by atoms with Gasteiger partial charge in [-0.3, -0.25) is 9.89 Å². The molecule has 0 aromatic carbocycles. The molecule has 1 aromatic heterocycles. The third-order valence-corrected chi connectivity index (χ3v) is 5.81. The third kappa shape index (κ3) is 2.09. The van der Waals surface area contributed by atoms with E-state index in [-0.39, 0.29) is 17.3 Å². The van der Waals surface area contributed by atoms with Gasteiger partial charge >= 0.3 is 0 Å². The van der Waals surface area contributed by atoms with Crippen LogP contribution in [-0.4, -0.2) is 26.6 Å². The number of nitrogens with one attached hydrogen (secondary N) is 2. The lowest BCUT2D eigenvalue weighted by Crippen LogP contribution is -2.65. The van der Waals surface area contributed by atoms with Crippen LogP contribution >= 0.6 is 0 Å². The normalized spacial score (nSPS) is 44.0. The summed E-state index contributed by atoms with van der Waals surface area (Å²) < 4.78 is 0. The summed E-state index contributed by atoms with van der Waals surface area (Å²) in [6, 6.07) is 0. The number of H-pyrrole nitrogens is 1. The van der Waals surface area contributed by atoms with Crippen LogP contribution in [0.25, 0.3) is 0 Å². The number of aromatic amines is 1. The summed E-state index contributed by atoms with van der Waals surface area (Å²) in [5.41, 5.74) is 0.765. The van der Waals surface area contributed by atoms with Gasteiger partial charge < -0.3 is 5.32 Å². The zero-order chi connectivity index (χ0) is 14.9. The first-order valence-electron chi connectivity index (χ1n) is 8.01. The van der Waals surface area contributed by atoms with E-state index >= 15 is 0 Å². The highest BCUT2D eigenvalue weighted by Crippen LogP contribution is 2.66. The van der Waals surface area contributed by atoms with Gasteiger partial charge in [-0.1, -0.05) is 13.8 Å². The number of rotatable bonds is 2. The first-order valence-corrected chi connectivity index (χ1v) is 8.01. The van der Waals surface area contributed by atoms with Crippen molar-refractivity contribution >= 4 is 5.91 Å². The minimum absolute atomic E-state index is 0.0332. The Balaban J connectivity index is 1.61. The van der Waals surface area contributed by atoms with Crippen LogP contribution in [0.4, 0.5) is 0 Å². The van der Waals surface area contributed by atoms with Crippen LogP contribution in [0.2, 0.25) is 0 Å². The molecule has 0 aliphatic heterocycles. The van der Waals surface area contributed by atoms with Crippen molar-refractivity contribution in [2.75, 3.05) is 0 Å². The van der Waals surface area contributed by atoms with Gasteiger partial charge in [-0.2, -0.15) is 0 Å². The Labute approximate surface area is 125 Å². The van der Waals surface area contributed by atoms with E-state index in [1.165, 1.54) is 19.3 Å². The maximum atomic E-state index is 12.5. The van der Waals surface area contributed by atoms with Crippen LogP contribution < -0.4 is 5.32 Å². The van der Waals surface area contributed by atoms with E-state index in [2.05, 4.69) is 34.3 Å². The molecule has 1 heterocycles. The smallest absolute Gasteiger partial charge is 0.291 e. The topological polar surface area (TPSA) is 70.7 Å². The maximum absolute atomic E-state index is 12.5. The first-order chi connectivity index (χ1) is 9.79. The van der Waals surface area contributed by atoms with Gasteiger partial charge in [0.15, 0.2) is 0 Å². The van der Waals surface area contributed by atoms with Gasteiger partial charge in [0.25, 0.3) is 5.91 Å². The van der Waals surface area contributed by atoms with Crippen LogP contribution in [0.3, 0.4) is 0 Å². The Morgan fingerprint density at radius 2 is 1.86 bits per heavy atom. The summed E-state index contributed by atoms with van der Waals surface area (Å²) in [6.45, 7) is 6.64. The molecule has 4 aliphatic rings. The summed E-state index contributed by atoms with van der Waals surface area (Å²) in [4.78, 5) is 16.7. The molecule has 4 aliphatic carbocycles. The fourth-order valence-electron chi connectivity index (χ4n) is 6.33. The minimum atomic E-state index is -0.117. The Kier molecular flexibility index (Phi) is 2.45. The van der Waals surface area contributed by atoms with Gasteiger partial charge in [-0.15, -0.1) is 5.10 Å². The van der Waals surface area contributed by atoms with E-state index in [0.29, 0.717) is 16.7 Å². The van der Waals surface area contributed by atoms with Gasteiger partial charge in [0.1, 0.15) is 5.82 Å². The van der Waals surface area contributed by atoms with E-state index in [4.69, 9.17) is 0 Å². The van der Waals surface area contributed by atoms with Crippen LogP contribution in [0.1, 0.15) is 68.8 Å². The van der Waals surface area contributed by atoms with Gasteiger partial charge in [0.2, 0.25) is 5.82 Å². The minimum Gasteiger partial charge on any atom is -0.344 e. The number of nitrogens with zero attached hydrogens (tertiary/aromatic N) is 2. The second-order valence-corrected chi connectivity index (χ2v) is 8.61. The second kappa shape index (κ2) is 3.87. The molecule has 1 aromatic rings. The molecule has 0 saturated heterocycles. The summed E-state index contributed by atoms with van der Waals surface area (Å²) in [5.74, 6) is 1.61. The molecule has 2 N–H and O–H groups in total. The lowest BCUT2D eigenvalue weighted by Gasteiger charge is -2.65. The monoisotopic (exact) mass is 288 g/mol. The lowest BCUT2D eigenvalue weighted by atomic mass is 9.43. The zero-order valence-electron chi connectivity index (χ0n) is 13.1. The zero-order valence-corrected chi connectivity index (χ0v) is 13.1. The van der Waals surface area contributed by atoms with Crippen molar-refractivity contribution in [3.05, 3.63) is 11.6 Å². The van der Waals surface area contributed by atoms with Gasteiger partial charge in [-0.05, 0) is 62.2 Å². The molecule has 5 nitrogen and oxygen atoms in total. The number of aryl methyl sites for hydroxylation is 1. The van der Waals surface area contributed by atoms with Gasteiger partial charge in [-0.25, -0.2) is 4.98 Å². The number of aromatic nitrogens is 3. The highest BCUT2D eigenvalue weighted by Gasteiger charge is 2.60. The predicted octanol–water partition coefficient (Wildman–Crippen LogP) is 2.59. The number of carbonyl (C=O) groups excluding carboxylic acids is 1. The molecule has 4 bridgehead atoms. The standard InChI is InChI=1S/C16H24N4O/c1-10-17-12(20-19-10)13(21)18-16-6-11-4-14(2,8-16)7-15(3,5-11)9-16/h11H,4-9H2,1-3H3,(H,18,21)(H,17,19,20). The van der Waals surface area contributed by atoms with E-state index in [9.17, 15) is 4.79 Å². The van der Waals surface area contributed by atoms with Gasteiger partial charge in [0.05, 0.1) is 0 Å². The van der Waals surface area contributed by atoms with Gasteiger partial charge in [0, 0.05) is 5.54 Å². The summed E-state index contributed by atoms with van der Waals surface area (Å²) >= 11 is 0. The second-order valence-electron chi connectivity index (χ2n) is 8.61. The molecule has 21 heavy (non-hydrogen) atoms. The van der Waals surface area contributed by atoms with Crippen LogP contribution in [0, 0.1) is 23.7 Å². The molecule has 0 radical (unpaired) electrons. The molecule has 2 atom stereocenters. The molecular formula is C16H24N4O. The van der Waals surface area contributed by atoms with E-state index < -0.39 is 0 Å². The molecule has 2 unspecified atom stereocenters. The molecule has 1 amide bonds. The molecule has 0 spiro atoms. The molecule has 4 saturated carbocycles. The summed E-state index contributed by atoms with van der Waals surface area (Å²) in [6.07, 6.45) is 7.34. The van der Waals surface area contributed by atoms with Crippen molar-refractivity contribution in [2.45, 2.75) is 64.8 Å². The van der Waals surface area contributed by atoms with Crippen molar-refractivity contribution in [1.29, 1.82) is 0 Å². The Morgan fingerprint density at radius 1 is 1.19 bits per heavy atom.